The molecule has 7 heteroatoms. The number of benzene rings is 1. The third kappa shape index (κ3) is 6.93. The molecule has 0 unspecified atom stereocenters. The number of halogens is 1. The molecule has 0 saturated carbocycles. The number of nitrogens with zero attached hydrogens (tertiary/aromatic N) is 3. The van der Waals surface area contributed by atoms with E-state index in [2.05, 4.69) is 61.8 Å². The Hall–Kier alpha value is -1.32. The Morgan fingerprint density at radius 2 is 1.96 bits per heavy atom. The summed E-state index contributed by atoms with van der Waals surface area (Å²) in [7, 11) is 3.61. The van der Waals surface area contributed by atoms with E-state index in [0.29, 0.717) is 6.04 Å². The molecule has 0 aliphatic carbocycles. The van der Waals surface area contributed by atoms with Crippen molar-refractivity contribution in [1.29, 1.82) is 0 Å². The van der Waals surface area contributed by atoms with Gasteiger partial charge in [0.1, 0.15) is 0 Å². The molecule has 0 atom stereocenters. The third-order valence-electron chi connectivity index (χ3n) is 5.32. The average Bonchev–Trinajstić information content (AvgIpc) is 3.25. The Morgan fingerprint density at radius 1 is 1.21 bits per heavy atom. The highest BCUT2D eigenvalue weighted by atomic mass is 127. The van der Waals surface area contributed by atoms with Gasteiger partial charge in [-0.1, -0.05) is 24.3 Å². The maximum atomic E-state index is 5.18. The lowest BCUT2D eigenvalue weighted by atomic mass is 10.1. The molecule has 2 heterocycles. The van der Waals surface area contributed by atoms with Crippen molar-refractivity contribution in [3.8, 4) is 0 Å². The fourth-order valence-electron chi connectivity index (χ4n) is 3.65. The number of aliphatic imine (C=N–C) groups is 1. The lowest BCUT2D eigenvalue weighted by Gasteiger charge is -2.32. The number of methoxy groups -OCH3 is 1. The second kappa shape index (κ2) is 12.3. The van der Waals surface area contributed by atoms with E-state index in [0.717, 1.165) is 64.7 Å². The van der Waals surface area contributed by atoms with E-state index in [4.69, 9.17) is 4.74 Å². The summed E-state index contributed by atoms with van der Waals surface area (Å²) in [6.45, 7) is 6.86. The van der Waals surface area contributed by atoms with E-state index < -0.39 is 0 Å². The number of rotatable bonds is 7. The van der Waals surface area contributed by atoms with Gasteiger partial charge in [0.05, 0.1) is 6.61 Å². The zero-order valence-corrected chi connectivity index (χ0v) is 19.4. The van der Waals surface area contributed by atoms with Gasteiger partial charge in [-0.2, -0.15) is 0 Å². The highest BCUT2D eigenvalue weighted by Gasteiger charge is 2.19. The minimum Gasteiger partial charge on any atom is -0.383 e. The van der Waals surface area contributed by atoms with Crippen molar-refractivity contribution in [2.24, 2.45) is 4.99 Å². The third-order valence-corrected chi connectivity index (χ3v) is 5.32. The summed E-state index contributed by atoms with van der Waals surface area (Å²) in [6, 6.07) is 9.23. The normalized spacial score (nSPS) is 18.2. The summed E-state index contributed by atoms with van der Waals surface area (Å²) in [5.41, 5.74) is 2.56. The molecule has 1 fully saturated rings. The Kier molecular flexibility index (Phi) is 10.1. The van der Waals surface area contributed by atoms with Crippen LogP contribution in [0.2, 0.25) is 0 Å². The van der Waals surface area contributed by atoms with Gasteiger partial charge in [0.15, 0.2) is 5.96 Å². The van der Waals surface area contributed by atoms with E-state index in [1.165, 1.54) is 11.3 Å². The first-order valence-electron chi connectivity index (χ1n) is 9.96. The van der Waals surface area contributed by atoms with Crippen molar-refractivity contribution in [2.45, 2.75) is 25.4 Å². The minimum absolute atomic E-state index is 0. The molecule has 28 heavy (non-hydrogen) atoms. The molecule has 0 spiro atoms. The van der Waals surface area contributed by atoms with Crippen LogP contribution in [0.15, 0.2) is 41.4 Å². The summed E-state index contributed by atoms with van der Waals surface area (Å²) < 4.78 is 5.18. The van der Waals surface area contributed by atoms with Gasteiger partial charge >= 0.3 is 0 Å². The number of hydrogen-bond acceptors (Lipinski definition) is 4. The molecular weight excluding hydrogens is 465 g/mol. The number of nitrogens with one attached hydrogen (secondary N) is 2. The van der Waals surface area contributed by atoms with Crippen LogP contribution in [0.5, 0.6) is 0 Å². The fraction of sp³-hybridized carbons (Fsp3) is 0.571. The summed E-state index contributed by atoms with van der Waals surface area (Å²) in [4.78, 5) is 9.24. The second-order valence-corrected chi connectivity index (χ2v) is 7.23. The van der Waals surface area contributed by atoms with Crippen LogP contribution in [0.1, 0.15) is 18.4 Å². The number of likely N-dealkylation sites (tertiary alicyclic amines) is 1. The van der Waals surface area contributed by atoms with Crippen molar-refractivity contribution in [3.05, 3.63) is 42.0 Å². The predicted molar refractivity (Wildman–Crippen MR) is 128 cm³/mol. The molecule has 0 radical (unpaired) electrons. The number of anilines is 1. The summed E-state index contributed by atoms with van der Waals surface area (Å²) in [5.74, 6) is 0.888. The molecule has 0 aromatic heterocycles. The van der Waals surface area contributed by atoms with Crippen LogP contribution in [0.4, 0.5) is 5.69 Å². The van der Waals surface area contributed by atoms with Crippen molar-refractivity contribution in [1.82, 2.24) is 15.5 Å². The Bertz CT molecular complexity index is 635. The van der Waals surface area contributed by atoms with Gasteiger partial charge in [-0.25, -0.2) is 0 Å². The van der Waals surface area contributed by atoms with Crippen LogP contribution >= 0.6 is 24.0 Å². The second-order valence-electron chi connectivity index (χ2n) is 7.23. The van der Waals surface area contributed by atoms with Gasteiger partial charge in [-0.15, -0.1) is 24.0 Å². The smallest absolute Gasteiger partial charge is 0.191 e. The van der Waals surface area contributed by atoms with Crippen LogP contribution in [0.3, 0.4) is 0 Å². The lowest BCUT2D eigenvalue weighted by molar-refractivity contribution is 0.128. The zero-order chi connectivity index (χ0) is 18.9. The molecule has 0 bridgehead atoms. The van der Waals surface area contributed by atoms with Crippen LogP contribution < -0.4 is 15.5 Å². The molecule has 2 aliphatic rings. The first-order valence-corrected chi connectivity index (χ1v) is 9.96. The minimum atomic E-state index is 0. The molecular formula is C21H34IN5O. The summed E-state index contributed by atoms with van der Waals surface area (Å²) in [6.07, 6.45) is 6.72. The lowest BCUT2D eigenvalue weighted by Crippen LogP contribution is -2.48. The maximum absolute atomic E-state index is 5.18. The van der Waals surface area contributed by atoms with Gasteiger partial charge in [0, 0.05) is 65.2 Å². The SMILES string of the molecule is CN=C(NCc1cccc(N2CC=CC2)c1)NC1CCN(CCOC)CC1.I. The van der Waals surface area contributed by atoms with Crippen LogP contribution in [-0.2, 0) is 11.3 Å². The van der Waals surface area contributed by atoms with Gasteiger partial charge in [-0.05, 0) is 30.5 Å². The van der Waals surface area contributed by atoms with Crippen molar-refractivity contribution < 1.29 is 4.74 Å². The van der Waals surface area contributed by atoms with E-state index >= 15 is 0 Å². The molecule has 1 aromatic rings. The van der Waals surface area contributed by atoms with Crippen molar-refractivity contribution in [2.75, 3.05) is 58.4 Å². The van der Waals surface area contributed by atoms with E-state index in [1.807, 2.05) is 7.05 Å². The zero-order valence-electron chi connectivity index (χ0n) is 17.1. The quantitative estimate of drug-likeness (QED) is 0.261. The Labute approximate surface area is 186 Å². The standard InChI is InChI=1S/C21H33N5O.HI/c1-22-21(24-19-8-12-25(13-9-19)14-15-27-2)23-17-18-6-5-7-20(16-18)26-10-3-4-11-26;/h3-7,16,19H,8-15,17H2,1-2H3,(H2,22,23,24);1H. The molecule has 6 nitrogen and oxygen atoms in total. The van der Waals surface area contributed by atoms with E-state index in [9.17, 15) is 0 Å². The van der Waals surface area contributed by atoms with Crippen molar-refractivity contribution in [3.63, 3.8) is 0 Å². The number of ether oxygens (including phenoxy) is 1. The Balaban J connectivity index is 0.00000280. The van der Waals surface area contributed by atoms with Gasteiger partial charge < -0.3 is 25.2 Å². The van der Waals surface area contributed by atoms with Crippen LogP contribution in [0.25, 0.3) is 0 Å². The van der Waals surface area contributed by atoms with Gasteiger partial charge in [0.2, 0.25) is 0 Å². The van der Waals surface area contributed by atoms with E-state index in [1.54, 1.807) is 7.11 Å². The molecule has 0 amide bonds. The molecule has 1 saturated heterocycles. The first-order chi connectivity index (χ1) is 13.3. The largest absolute Gasteiger partial charge is 0.383 e. The summed E-state index contributed by atoms with van der Waals surface area (Å²) in [5, 5.41) is 7.05. The van der Waals surface area contributed by atoms with Crippen LogP contribution in [0, 0.1) is 0 Å². The number of piperidine rings is 1. The molecule has 1 aromatic carbocycles. The first kappa shape index (κ1) is 23.0. The topological polar surface area (TPSA) is 52.1 Å². The fourth-order valence-corrected chi connectivity index (χ4v) is 3.65. The molecule has 156 valence electrons. The van der Waals surface area contributed by atoms with Gasteiger partial charge in [0.25, 0.3) is 0 Å². The average molecular weight is 499 g/mol. The number of hydrogen-bond donors (Lipinski definition) is 2. The molecule has 3 rings (SSSR count). The molecule has 2 N–H and O–H groups in total. The molecule has 2 aliphatic heterocycles. The van der Waals surface area contributed by atoms with Crippen molar-refractivity contribution >= 4 is 35.6 Å². The summed E-state index contributed by atoms with van der Waals surface area (Å²) >= 11 is 0. The number of guanidine groups is 1. The monoisotopic (exact) mass is 499 g/mol. The highest BCUT2D eigenvalue weighted by Crippen LogP contribution is 2.18. The van der Waals surface area contributed by atoms with Gasteiger partial charge in [-0.3, -0.25) is 4.99 Å². The Morgan fingerprint density at radius 3 is 2.64 bits per heavy atom. The predicted octanol–water partition coefficient (Wildman–Crippen LogP) is 2.46. The van der Waals surface area contributed by atoms with E-state index in [-0.39, 0.29) is 24.0 Å². The van der Waals surface area contributed by atoms with Crippen LogP contribution in [-0.4, -0.2) is 70.4 Å². The maximum Gasteiger partial charge on any atom is 0.191 e. The highest BCUT2D eigenvalue weighted by molar-refractivity contribution is 14.0.